The topological polar surface area (TPSA) is 9.23 Å². The summed E-state index contributed by atoms with van der Waals surface area (Å²) in [6.45, 7) is 12.0. The van der Waals surface area contributed by atoms with Crippen LogP contribution >= 0.6 is 0 Å². The van der Waals surface area contributed by atoms with E-state index in [1.807, 2.05) is 6.92 Å². The van der Waals surface area contributed by atoms with Crippen LogP contribution in [0.2, 0.25) is 0 Å². The van der Waals surface area contributed by atoms with Crippen LogP contribution in [0, 0.1) is 0 Å². The minimum atomic E-state index is 0.289. The van der Waals surface area contributed by atoms with Gasteiger partial charge in [-0.15, -0.1) is 0 Å². The van der Waals surface area contributed by atoms with Crippen LogP contribution in [0.4, 0.5) is 0 Å². The molecule has 0 aromatic heterocycles. The summed E-state index contributed by atoms with van der Waals surface area (Å²) in [4.78, 5) is 0. The maximum atomic E-state index is 5.68. The Labute approximate surface area is 75.1 Å². The second-order valence-electron chi connectivity index (χ2n) is 3.80. The van der Waals surface area contributed by atoms with Crippen LogP contribution in [0.1, 0.15) is 33.1 Å². The molecule has 1 rings (SSSR count). The lowest BCUT2D eigenvalue weighted by molar-refractivity contribution is 0.0758. The van der Waals surface area contributed by atoms with Crippen molar-refractivity contribution in [2.45, 2.75) is 45.3 Å². The third-order valence-corrected chi connectivity index (χ3v) is 2.22. The number of rotatable bonds is 3. The lowest BCUT2D eigenvalue weighted by Gasteiger charge is -2.13. The van der Waals surface area contributed by atoms with Crippen molar-refractivity contribution in [3.8, 4) is 0 Å². The first-order valence-electron chi connectivity index (χ1n) is 4.57. The largest absolute Gasteiger partial charge is 0.371 e. The monoisotopic (exact) mass is 166 g/mol. The van der Waals surface area contributed by atoms with Gasteiger partial charge in [0.15, 0.2) is 0 Å². The second-order valence-corrected chi connectivity index (χ2v) is 3.80. The Morgan fingerprint density at radius 2 is 2.08 bits per heavy atom. The van der Waals surface area contributed by atoms with E-state index in [-0.39, 0.29) is 6.10 Å². The van der Waals surface area contributed by atoms with Gasteiger partial charge in [-0.25, -0.2) is 0 Å². The predicted octanol–water partition coefficient (Wildman–Crippen LogP) is 3.08. The molecule has 0 saturated carbocycles. The fraction of sp³-hybridized carbons (Fsp3) is 0.636. The van der Waals surface area contributed by atoms with E-state index in [0.717, 1.165) is 12.8 Å². The molecule has 12 heavy (non-hydrogen) atoms. The highest BCUT2D eigenvalue weighted by molar-refractivity contribution is 5.13. The summed E-state index contributed by atoms with van der Waals surface area (Å²) in [7, 11) is 0. The molecule has 0 amide bonds. The molecule has 0 radical (unpaired) electrons. The minimum absolute atomic E-state index is 0.289. The zero-order chi connectivity index (χ0) is 9.14. The van der Waals surface area contributed by atoms with Crippen LogP contribution in [-0.2, 0) is 4.74 Å². The third-order valence-electron chi connectivity index (χ3n) is 2.22. The molecule has 0 bridgehead atoms. The Morgan fingerprint density at radius 1 is 1.42 bits per heavy atom. The molecular formula is C11H18O. The summed E-state index contributed by atoms with van der Waals surface area (Å²) in [5.74, 6) is 0. The molecule has 68 valence electrons. The molecule has 0 spiro atoms. The molecule has 1 nitrogen and oxygen atoms in total. The molecule has 0 unspecified atom stereocenters. The number of allylic oxidation sites excluding steroid dienone is 1. The predicted molar refractivity (Wildman–Crippen MR) is 52.1 cm³/mol. The zero-order valence-electron chi connectivity index (χ0n) is 8.10. The van der Waals surface area contributed by atoms with Crippen LogP contribution in [0.25, 0.3) is 0 Å². The standard InChI is InChI=1S/C11H18O/c1-8(2)7-9(3)11-6-5-10(4)12-11/h10-11H,1,3,5-7H2,2,4H3/t10-,11-/m0/s1. The molecule has 1 saturated heterocycles. The van der Waals surface area contributed by atoms with Crippen molar-refractivity contribution in [2.75, 3.05) is 0 Å². The quantitative estimate of drug-likeness (QED) is 0.585. The normalized spacial score (nSPS) is 28.8. The van der Waals surface area contributed by atoms with E-state index in [1.54, 1.807) is 0 Å². The van der Waals surface area contributed by atoms with Gasteiger partial charge in [0.2, 0.25) is 0 Å². The third kappa shape index (κ3) is 2.49. The summed E-state index contributed by atoms with van der Waals surface area (Å²) in [5, 5.41) is 0. The van der Waals surface area contributed by atoms with Gasteiger partial charge in [-0.3, -0.25) is 0 Å². The Kier molecular flexibility index (Phi) is 3.10. The number of hydrogen-bond donors (Lipinski definition) is 0. The average molecular weight is 166 g/mol. The van der Waals surface area contributed by atoms with Crippen molar-refractivity contribution < 1.29 is 4.74 Å². The highest BCUT2D eigenvalue weighted by Crippen LogP contribution is 2.26. The summed E-state index contributed by atoms with van der Waals surface area (Å²) in [6.07, 6.45) is 3.92. The molecule has 0 aliphatic carbocycles. The lowest BCUT2D eigenvalue weighted by atomic mass is 10.0. The molecule has 1 heteroatoms. The molecule has 1 aliphatic rings. The van der Waals surface area contributed by atoms with E-state index < -0.39 is 0 Å². The van der Waals surface area contributed by atoms with E-state index in [0.29, 0.717) is 6.10 Å². The second kappa shape index (κ2) is 3.90. The average Bonchev–Trinajstić information content (AvgIpc) is 2.34. The maximum Gasteiger partial charge on any atom is 0.0790 e. The van der Waals surface area contributed by atoms with Gasteiger partial charge < -0.3 is 4.74 Å². The van der Waals surface area contributed by atoms with E-state index >= 15 is 0 Å². The number of hydrogen-bond acceptors (Lipinski definition) is 1. The molecule has 1 fully saturated rings. The first-order chi connectivity index (χ1) is 5.59. The van der Waals surface area contributed by atoms with Gasteiger partial charge in [-0.1, -0.05) is 18.7 Å². The van der Waals surface area contributed by atoms with E-state index in [2.05, 4.69) is 20.1 Å². The van der Waals surface area contributed by atoms with E-state index in [1.165, 1.54) is 17.6 Å². The van der Waals surface area contributed by atoms with Crippen LogP contribution in [0.5, 0.6) is 0 Å². The maximum absolute atomic E-state index is 5.68. The van der Waals surface area contributed by atoms with Gasteiger partial charge in [-0.05, 0) is 38.7 Å². The first kappa shape index (κ1) is 9.53. The van der Waals surface area contributed by atoms with E-state index in [9.17, 15) is 0 Å². The van der Waals surface area contributed by atoms with Crippen molar-refractivity contribution in [3.05, 3.63) is 24.3 Å². The molecular weight excluding hydrogens is 148 g/mol. The van der Waals surface area contributed by atoms with Crippen molar-refractivity contribution in [2.24, 2.45) is 0 Å². The summed E-state index contributed by atoms with van der Waals surface area (Å²) in [6, 6.07) is 0. The molecule has 1 heterocycles. The van der Waals surface area contributed by atoms with E-state index in [4.69, 9.17) is 4.74 Å². The summed E-state index contributed by atoms with van der Waals surface area (Å²) >= 11 is 0. The Bertz CT molecular complexity index is 193. The Morgan fingerprint density at radius 3 is 2.50 bits per heavy atom. The molecule has 2 atom stereocenters. The fourth-order valence-corrected chi connectivity index (χ4v) is 1.60. The van der Waals surface area contributed by atoms with Crippen molar-refractivity contribution >= 4 is 0 Å². The summed E-state index contributed by atoms with van der Waals surface area (Å²) < 4.78 is 5.68. The Hall–Kier alpha value is -0.560. The highest BCUT2D eigenvalue weighted by atomic mass is 16.5. The summed E-state index contributed by atoms with van der Waals surface area (Å²) in [5.41, 5.74) is 2.36. The molecule has 1 aliphatic heterocycles. The molecule has 0 N–H and O–H groups in total. The Balaban J connectivity index is 2.38. The number of ether oxygens (including phenoxy) is 1. The molecule has 0 aromatic rings. The van der Waals surface area contributed by atoms with Gasteiger partial charge in [-0.2, -0.15) is 0 Å². The van der Waals surface area contributed by atoms with Crippen LogP contribution in [0.15, 0.2) is 24.3 Å². The van der Waals surface area contributed by atoms with Gasteiger partial charge in [0.05, 0.1) is 12.2 Å². The lowest BCUT2D eigenvalue weighted by Crippen LogP contribution is -2.10. The van der Waals surface area contributed by atoms with Gasteiger partial charge >= 0.3 is 0 Å². The van der Waals surface area contributed by atoms with Crippen molar-refractivity contribution in [1.82, 2.24) is 0 Å². The smallest absolute Gasteiger partial charge is 0.0790 e. The van der Waals surface area contributed by atoms with Gasteiger partial charge in [0, 0.05) is 0 Å². The van der Waals surface area contributed by atoms with Crippen LogP contribution in [-0.4, -0.2) is 12.2 Å². The minimum Gasteiger partial charge on any atom is -0.371 e. The fourth-order valence-electron chi connectivity index (χ4n) is 1.60. The van der Waals surface area contributed by atoms with Crippen molar-refractivity contribution in [3.63, 3.8) is 0 Å². The van der Waals surface area contributed by atoms with Gasteiger partial charge in [0.1, 0.15) is 0 Å². The van der Waals surface area contributed by atoms with Crippen LogP contribution < -0.4 is 0 Å². The van der Waals surface area contributed by atoms with Gasteiger partial charge in [0.25, 0.3) is 0 Å². The zero-order valence-corrected chi connectivity index (χ0v) is 8.10. The first-order valence-corrected chi connectivity index (χ1v) is 4.57. The molecule has 0 aromatic carbocycles. The SMILES string of the molecule is C=C(C)CC(=C)[C@@H]1CC[C@H](C)O1. The van der Waals surface area contributed by atoms with Crippen LogP contribution in [0.3, 0.4) is 0 Å². The highest BCUT2D eigenvalue weighted by Gasteiger charge is 2.23. The van der Waals surface area contributed by atoms with Crippen molar-refractivity contribution in [1.29, 1.82) is 0 Å².